The van der Waals surface area contributed by atoms with E-state index in [4.69, 9.17) is 5.11 Å². The van der Waals surface area contributed by atoms with Gasteiger partial charge in [-0.25, -0.2) is 4.79 Å². The van der Waals surface area contributed by atoms with Crippen LogP contribution in [0.25, 0.3) is 0 Å². The average Bonchev–Trinajstić information content (AvgIpc) is 2.02. The molecule has 0 spiro atoms. The van der Waals surface area contributed by atoms with Crippen molar-refractivity contribution in [3.63, 3.8) is 0 Å². The topological polar surface area (TPSA) is 66.4 Å². The fourth-order valence-corrected chi connectivity index (χ4v) is 1.45. The molecule has 0 aromatic rings. The number of rotatable bonds is 6. The van der Waals surface area contributed by atoms with Crippen molar-refractivity contribution in [2.75, 3.05) is 11.5 Å². The molecule has 0 aliphatic heterocycles. The standard InChI is InChI=1S/C8H13NO3S/c1-3-4-13-5-7(8(11)12)9-6(2)10/h3,7H,1,4-5H2,2H3,(H,9,10)(H,11,12)/t7-/m0/s1. The molecule has 0 saturated heterocycles. The number of nitrogens with one attached hydrogen (secondary N) is 1. The number of thioether (sulfide) groups is 1. The van der Waals surface area contributed by atoms with Gasteiger partial charge >= 0.3 is 5.97 Å². The molecule has 5 heteroatoms. The molecule has 0 radical (unpaired) electrons. The first-order valence-corrected chi connectivity index (χ1v) is 4.92. The molecule has 0 aliphatic rings. The van der Waals surface area contributed by atoms with Crippen LogP contribution in [0.15, 0.2) is 12.7 Å². The Kier molecular flexibility index (Phi) is 6.05. The summed E-state index contributed by atoms with van der Waals surface area (Å²) in [5.74, 6) is -0.289. The van der Waals surface area contributed by atoms with Crippen molar-refractivity contribution < 1.29 is 14.7 Å². The Balaban J connectivity index is 3.87. The lowest BCUT2D eigenvalue weighted by atomic mass is 10.3. The van der Waals surface area contributed by atoms with E-state index in [1.54, 1.807) is 6.08 Å². The Morgan fingerprint density at radius 1 is 1.69 bits per heavy atom. The van der Waals surface area contributed by atoms with Crippen LogP contribution in [-0.2, 0) is 9.59 Å². The van der Waals surface area contributed by atoms with Crippen molar-refractivity contribution in [1.29, 1.82) is 0 Å². The zero-order chi connectivity index (χ0) is 10.3. The van der Waals surface area contributed by atoms with Crippen LogP contribution >= 0.6 is 11.8 Å². The Morgan fingerprint density at radius 3 is 2.69 bits per heavy atom. The Labute approximate surface area is 81.4 Å². The lowest BCUT2D eigenvalue weighted by Gasteiger charge is -2.11. The van der Waals surface area contributed by atoms with Gasteiger partial charge in [0.2, 0.25) is 5.91 Å². The molecule has 1 amide bonds. The van der Waals surface area contributed by atoms with E-state index >= 15 is 0 Å². The van der Waals surface area contributed by atoms with E-state index in [-0.39, 0.29) is 5.91 Å². The van der Waals surface area contributed by atoms with Gasteiger partial charge in [0.15, 0.2) is 0 Å². The molecule has 0 fully saturated rings. The largest absolute Gasteiger partial charge is 0.480 e. The second-order valence-corrected chi connectivity index (χ2v) is 3.49. The zero-order valence-corrected chi connectivity index (χ0v) is 8.26. The molecule has 0 rings (SSSR count). The predicted octanol–water partition coefficient (Wildman–Crippen LogP) is 0.495. The number of carboxylic acid groups (broad SMARTS) is 1. The van der Waals surface area contributed by atoms with Crippen LogP contribution in [-0.4, -0.2) is 34.5 Å². The third-order valence-corrected chi connectivity index (χ3v) is 2.24. The van der Waals surface area contributed by atoms with Crippen molar-refractivity contribution in [2.45, 2.75) is 13.0 Å². The summed E-state index contributed by atoms with van der Waals surface area (Å²) < 4.78 is 0. The molecule has 13 heavy (non-hydrogen) atoms. The Morgan fingerprint density at radius 2 is 2.31 bits per heavy atom. The van der Waals surface area contributed by atoms with E-state index < -0.39 is 12.0 Å². The minimum absolute atomic E-state index is 0.327. The lowest BCUT2D eigenvalue weighted by Crippen LogP contribution is -2.41. The van der Waals surface area contributed by atoms with Gasteiger partial charge in [-0.15, -0.1) is 6.58 Å². The van der Waals surface area contributed by atoms with E-state index in [0.717, 1.165) is 0 Å². The van der Waals surface area contributed by atoms with Gasteiger partial charge in [0.05, 0.1) is 0 Å². The molecular formula is C8H13NO3S. The van der Waals surface area contributed by atoms with E-state index in [1.165, 1.54) is 18.7 Å². The number of carbonyl (C=O) groups is 2. The molecule has 0 saturated carbocycles. The maximum atomic E-state index is 10.6. The second-order valence-electron chi connectivity index (χ2n) is 2.42. The SMILES string of the molecule is C=CCSC[C@H](NC(C)=O)C(=O)O. The number of hydrogen-bond acceptors (Lipinski definition) is 3. The summed E-state index contributed by atoms with van der Waals surface area (Å²) in [6.07, 6.45) is 1.69. The van der Waals surface area contributed by atoms with Gasteiger partial charge in [-0.1, -0.05) is 6.08 Å². The summed E-state index contributed by atoms with van der Waals surface area (Å²) in [5, 5.41) is 11.0. The highest BCUT2D eigenvalue weighted by Gasteiger charge is 2.17. The van der Waals surface area contributed by atoms with Gasteiger partial charge in [-0.3, -0.25) is 4.79 Å². The highest BCUT2D eigenvalue weighted by molar-refractivity contribution is 7.99. The Bertz CT molecular complexity index is 206. The van der Waals surface area contributed by atoms with Crippen LogP contribution in [0.1, 0.15) is 6.92 Å². The molecule has 0 aliphatic carbocycles. The van der Waals surface area contributed by atoms with E-state index in [0.29, 0.717) is 11.5 Å². The minimum Gasteiger partial charge on any atom is -0.480 e. The fourth-order valence-electron chi connectivity index (χ4n) is 0.689. The van der Waals surface area contributed by atoms with Crippen molar-refractivity contribution in [3.05, 3.63) is 12.7 Å². The zero-order valence-electron chi connectivity index (χ0n) is 7.45. The van der Waals surface area contributed by atoms with Crippen LogP contribution in [0.2, 0.25) is 0 Å². The normalized spacial score (nSPS) is 11.8. The molecule has 0 aromatic carbocycles. The summed E-state index contributed by atoms with van der Waals surface area (Å²) in [4.78, 5) is 21.2. The third kappa shape index (κ3) is 6.21. The maximum absolute atomic E-state index is 10.6. The first-order valence-electron chi connectivity index (χ1n) is 3.76. The number of carbonyl (C=O) groups excluding carboxylic acids is 1. The lowest BCUT2D eigenvalue weighted by molar-refractivity contribution is -0.140. The first kappa shape index (κ1) is 12.0. The Hall–Kier alpha value is -0.970. The number of carboxylic acids is 1. The number of aliphatic carboxylic acids is 1. The summed E-state index contributed by atoms with van der Waals surface area (Å²) in [6.45, 7) is 4.81. The van der Waals surface area contributed by atoms with E-state index in [2.05, 4.69) is 11.9 Å². The molecule has 74 valence electrons. The van der Waals surface area contributed by atoms with Gasteiger partial charge in [-0.2, -0.15) is 11.8 Å². The molecule has 0 unspecified atom stereocenters. The highest BCUT2D eigenvalue weighted by atomic mass is 32.2. The molecule has 0 bridgehead atoms. The van der Waals surface area contributed by atoms with Crippen molar-refractivity contribution in [1.82, 2.24) is 5.32 Å². The van der Waals surface area contributed by atoms with Gasteiger partial charge < -0.3 is 10.4 Å². The summed E-state index contributed by atoms with van der Waals surface area (Å²) in [6, 6.07) is -0.803. The summed E-state index contributed by atoms with van der Waals surface area (Å²) >= 11 is 1.42. The highest BCUT2D eigenvalue weighted by Crippen LogP contribution is 2.03. The third-order valence-electron chi connectivity index (χ3n) is 1.20. The second kappa shape index (κ2) is 6.54. The van der Waals surface area contributed by atoms with Crippen molar-refractivity contribution in [2.24, 2.45) is 0 Å². The quantitative estimate of drug-likeness (QED) is 0.487. The van der Waals surface area contributed by atoms with Crippen LogP contribution in [0.3, 0.4) is 0 Å². The van der Waals surface area contributed by atoms with Gasteiger partial charge in [-0.05, 0) is 0 Å². The fraction of sp³-hybridized carbons (Fsp3) is 0.500. The monoisotopic (exact) mass is 203 g/mol. The summed E-state index contributed by atoms with van der Waals surface area (Å²) in [7, 11) is 0. The summed E-state index contributed by atoms with van der Waals surface area (Å²) in [5.41, 5.74) is 0. The maximum Gasteiger partial charge on any atom is 0.327 e. The molecule has 0 aromatic heterocycles. The molecule has 2 N–H and O–H groups in total. The minimum atomic E-state index is -1.01. The van der Waals surface area contributed by atoms with Crippen molar-refractivity contribution >= 4 is 23.6 Å². The van der Waals surface area contributed by atoms with Crippen LogP contribution < -0.4 is 5.32 Å². The van der Waals surface area contributed by atoms with Gasteiger partial charge in [0.1, 0.15) is 6.04 Å². The number of hydrogen-bond donors (Lipinski definition) is 2. The van der Waals surface area contributed by atoms with Crippen LogP contribution in [0, 0.1) is 0 Å². The van der Waals surface area contributed by atoms with Crippen LogP contribution in [0.5, 0.6) is 0 Å². The molecular weight excluding hydrogens is 190 g/mol. The first-order chi connectivity index (χ1) is 6.07. The van der Waals surface area contributed by atoms with Crippen molar-refractivity contribution in [3.8, 4) is 0 Å². The smallest absolute Gasteiger partial charge is 0.327 e. The van der Waals surface area contributed by atoms with Gasteiger partial charge in [0, 0.05) is 18.4 Å². The average molecular weight is 203 g/mol. The predicted molar refractivity (Wildman–Crippen MR) is 52.8 cm³/mol. The van der Waals surface area contributed by atoms with Crippen LogP contribution in [0.4, 0.5) is 0 Å². The van der Waals surface area contributed by atoms with E-state index in [9.17, 15) is 9.59 Å². The number of amides is 1. The molecule has 0 heterocycles. The molecule has 1 atom stereocenters. The molecule has 4 nitrogen and oxygen atoms in total. The van der Waals surface area contributed by atoms with Gasteiger partial charge in [0.25, 0.3) is 0 Å². The van der Waals surface area contributed by atoms with E-state index in [1.807, 2.05) is 0 Å².